The van der Waals surface area contributed by atoms with Gasteiger partial charge in [-0.25, -0.2) is 17.7 Å². The Kier molecular flexibility index (Phi) is 6.20. The van der Waals surface area contributed by atoms with Crippen molar-refractivity contribution < 1.29 is 13.2 Å². The van der Waals surface area contributed by atoms with Gasteiger partial charge in [0.2, 0.25) is 10.0 Å². The molecule has 2 heterocycles. The van der Waals surface area contributed by atoms with Crippen LogP contribution in [0.3, 0.4) is 0 Å². The number of hydrogen-bond acceptors (Lipinski definition) is 6. The average molecular weight is 479 g/mol. The summed E-state index contributed by atoms with van der Waals surface area (Å²) >= 11 is 7.37. The summed E-state index contributed by atoms with van der Waals surface area (Å²) in [7, 11) is -0.727. The fraction of sp³-hybridized carbons (Fsp3) is 0.333. The van der Waals surface area contributed by atoms with E-state index < -0.39 is 10.0 Å². The van der Waals surface area contributed by atoms with Crippen molar-refractivity contribution in [3.8, 4) is 0 Å². The molecule has 0 spiro atoms. The summed E-state index contributed by atoms with van der Waals surface area (Å²) in [4.78, 5) is 19.9. The first kappa shape index (κ1) is 22.0. The third-order valence-corrected chi connectivity index (χ3v) is 8.24. The van der Waals surface area contributed by atoms with Gasteiger partial charge < -0.3 is 4.90 Å². The van der Waals surface area contributed by atoms with Crippen LogP contribution in [0, 0.1) is 0 Å². The van der Waals surface area contributed by atoms with Gasteiger partial charge in [0.05, 0.1) is 20.7 Å². The highest BCUT2D eigenvalue weighted by molar-refractivity contribution is 7.89. The van der Waals surface area contributed by atoms with Crippen molar-refractivity contribution in [2.45, 2.75) is 24.2 Å². The van der Waals surface area contributed by atoms with Crippen LogP contribution in [0.2, 0.25) is 5.02 Å². The minimum Gasteiger partial charge on any atom is -0.371 e. The normalized spacial score (nSPS) is 14.9. The van der Waals surface area contributed by atoms with Crippen LogP contribution in [0.25, 0.3) is 10.2 Å². The number of hydrogen-bond donors (Lipinski definition) is 1. The van der Waals surface area contributed by atoms with E-state index in [0.29, 0.717) is 15.7 Å². The molecule has 3 aromatic rings. The summed E-state index contributed by atoms with van der Waals surface area (Å²) in [5.41, 5.74) is 1.80. The third-order valence-electron chi connectivity index (χ3n) is 5.26. The van der Waals surface area contributed by atoms with Crippen LogP contribution in [-0.4, -0.2) is 50.8 Å². The topological polar surface area (TPSA) is 82.6 Å². The number of fused-ring (bicyclic) bond motifs is 1. The molecule has 1 saturated heterocycles. The summed E-state index contributed by atoms with van der Waals surface area (Å²) < 4.78 is 27.3. The Labute approximate surface area is 190 Å². The number of aromatic nitrogens is 1. The molecular formula is C21H23ClN4O3S2. The van der Waals surface area contributed by atoms with Gasteiger partial charge in [-0.2, -0.15) is 0 Å². The van der Waals surface area contributed by atoms with E-state index in [1.165, 1.54) is 31.5 Å². The van der Waals surface area contributed by atoms with Crippen molar-refractivity contribution in [3.63, 3.8) is 0 Å². The van der Waals surface area contributed by atoms with Crippen molar-refractivity contribution in [2.24, 2.45) is 0 Å². The number of thiazole rings is 1. The van der Waals surface area contributed by atoms with Gasteiger partial charge in [0.25, 0.3) is 5.91 Å². The predicted molar refractivity (Wildman–Crippen MR) is 126 cm³/mol. The van der Waals surface area contributed by atoms with E-state index in [4.69, 9.17) is 11.6 Å². The molecule has 1 aliphatic heterocycles. The average Bonchev–Trinajstić information content (AvgIpc) is 3.15. The van der Waals surface area contributed by atoms with Crippen molar-refractivity contribution in [1.82, 2.24) is 9.29 Å². The zero-order valence-electron chi connectivity index (χ0n) is 17.3. The number of carbonyl (C=O) groups is 1. The fourth-order valence-electron chi connectivity index (χ4n) is 3.60. The van der Waals surface area contributed by atoms with Gasteiger partial charge in [0.1, 0.15) is 0 Å². The number of rotatable bonds is 5. The number of benzene rings is 2. The van der Waals surface area contributed by atoms with E-state index >= 15 is 0 Å². The lowest BCUT2D eigenvalue weighted by Crippen LogP contribution is -2.32. The van der Waals surface area contributed by atoms with E-state index in [0.717, 1.165) is 52.6 Å². The largest absolute Gasteiger partial charge is 0.371 e. The number of halogens is 1. The van der Waals surface area contributed by atoms with Gasteiger partial charge in [-0.3, -0.25) is 10.1 Å². The van der Waals surface area contributed by atoms with E-state index in [1.54, 1.807) is 30.3 Å². The molecule has 0 aliphatic carbocycles. The van der Waals surface area contributed by atoms with Gasteiger partial charge in [-0.1, -0.05) is 22.9 Å². The van der Waals surface area contributed by atoms with Gasteiger partial charge in [0.15, 0.2) is 5.13 Å². The molecule has 1 aromatic heterocycles. The molecular weight excluding hydrogens is 456 g/mol. The second-order valence-electron chi connectivity index (χ2n) is 7.60. The zero-order valence-corrected chi connectivity index (χ0v) is 19.6. The van der Waals surface area contributed by atoms with Crippen molar-refractivity contribution in [2.75, 3.05) is 37.4 Å². The van der Waals surface area contributed by atoms with Crippen LogP contribution >= 0.6 is 22.9 Å². The van der Waals surface area contributed by atoms with Gasteiger partial charge in [-0.15, -0.1) is 0 Å². The molecule has 164 valence electrons. The maximum Gasteiger partial charge on any atom is 0.259 e. The lowest BCUT2D eigenvalue weighted by molar-refractivity contribution is 0.102. The molecule has 1 fully saturated rings. The Hall–Kier alpha value is -2.20. The van der Waals surface area contributed by atoms with Crippen LogP contribution in [0.4, 0.5) is 10.8 Å². The minimum absolute atomic E-state index is 0.0829. The highest BCUT2D eigenvalue weighted by Crippen LogP contribution is 2.31. The van der Waals surface area contributed by atoms with Crippen molar-refractivity contribution in [3.05, 3.63) is 47.0 Å². The standard InChI is InChI=1S/C21H23ClN4O3S2/c1-25(2)31(28,29)15-7-9-18(26-10-4-3-5-11-26)16(13-15)20(27)24-21-23-17-8-6-14(22)12-19(17)30-21/h6-9,12-13H,3-5,10-11H2,1-2H3,(H,23,24,27). The lowest BCUT2D eigenvalue weighted by Gasteiger charge is -2.30. The fourth-order valence-corrected chi connectivity index (χ4v) is 5.66. The molecule has 0 saturated carbocycles. The Bertz CT molecular complexity index is 1230. The number of piperidine rings is 1. The number of nitrogens with zero attached hydrogens (tertiary/aromatic N) is 3. The number of carbonyl (C=O) groups excluding carboxylic acids is 1. The predicted octanol–water partition coefficient (Wildman–Crippen LogP) is 4.44. The Balaban J connectivity index is 1.72. The summed E-state index contributed by atoms with van der Waals surface area (Å²) in [6.07, 6.45) is 3.23. The van der Waals surface area contributed by atoms with Crippen LogP contribution < -0.4 is 10.2 Å². The van der Waals surface area contributed by atoms with Crippen LogP contribution in [-0.2, 0) is 10.0 Å². The molecule has 0 bridgehead atoms. The van der Waals surface area contributed by atoms with Gasteiger partial charge in [-0.05, 0) is 55.7 Å². The number of amides is 1. The summed E-state index contributed by atoms with van der Waals surface area (Å²) in [6, 6.07) is 10.1. The number of sulfonamides is 1. The summed E-state index contributed by atoms with van der Waals surface area (Å²) in [5, 5.41) is 3.88. The third kappa shape index (κ3) is 4.55. The van der Waals surface area contributed by atoms with Gasteiger partial charge in [0, 0.05) is 37.9 Å². The molecule has 2 aromatic carbocycles. The van der Waals surface area contributed by atoms with Crippen molar-refractivity contribution >= 4 is 59.9 Å². The molecule has 1 aliphatic rings. The summed E-state index contributed by atoms with van der Waals surface area (Å²) in [6.45, 7) is 1.67. The van der Waals surface area contributed by atoms with Crippen LogP contribution in [0.1, 0.15) is 29.6 Å². The highest BCUT2D eigenvalue weighted by Gasteiger charge is 2.24. The zero-order chi connectivity index (χ0) is 22.2. The first-order valence-corrected chi connectivity index (χ1v) is 12.6. The minimum atomic E-state index is -3.67. The van der Waals surface area contributed by atoms with Crippen LogP contribution in [0.5, 0.6) is 0 Å². The second kappa shape index (κ2) is 8.74. The summed E-state index contributed by atoms with van der Waals surface area (Å²) in [5.74, 6) is -0.387. The molecule has 10 heteroatoms. The molecule has 1 N–H and O–H groups in total. The molecule has 0 unspecified atom stereocenters. The molecule has 31 heavy (non-hydrogen) atoms. The van der Waals surface area contributed by atoms with Gasteiger partial charge >= 0.3 is 0 Å². The Morgan fingerprint density at radius 2 is 1.87 bits per heavy atom. The first-order chi connectivity index (χ1) is 14.8. The number of anilines is 2. The van der Waals surface area contributed by atoms with Crippen molar-refractivity contribution in [1.29, 1.82) is 0 Å². The number of nitrogens with one attached hydrogen (secondary N) is 1. The van der Waals surface area contributed by atoms with E-state index in [1.807, 2.05) is 0 Å². The molecule has 7 nitrogen and oxygen atoms in total. The monoisotopic (exact) mass is 478 g/mol. The highest BCUT2D eigenvalue weighted by atomic mass is 35.5. The smallest absolute Gasteiger partial charge is 0.259 e. The Morgan fingerprint density at radius 1 is 1.13 bits per heavy atom. The van der Waals surface area contributed by atoms with Crippen LogP contribution in [0.15, 0.2) is 41.3 Å². The SMILES string of the molecule is CN(C)S(=O)(=O)c1ccc(N2CCCCC2)c(C(=O)Nc2nc3ccc(Cl)cc3s2)c1. The maximum absolute atomic E-state index is 13.3. The second-order valence-corrected chi connectivity index (χ2v) is 11.2. The van der Waals surface area contributed by atoms with E-state index in [2.05, 4.69) is 15.2 Å². The molecule has 0 radical (unpaired) electrons. The molecule has 1 amide bonds. The maximum atomic E-state index is 13.3. The lowest BCUT2D eigenvalue weighted by atomic mass is 10.1. The first-order valence-electron chi connectivity index (χ1n) is 9.95. The quantitative estimate of drug-likeness (QED) is 0.586. The van der Waals surface area contributed by atoms with E-state index in [-0.39, 0.29) is 10.8 Å². The Morgan fingerprint density at radius 3 is 2.58 bits per heavy atom. The molecule has 4 rings (SSSR count). The molecule has 0 atom stereocenters. The van der Waals surface area contributed by atoms with E-state index in [9.17, 15) is 13.2 Å².